The van der Waals surface area contributed by atoms with Gasteiger partial charge in [0.25, 0.3) is 11.8 Å². The summed E-state index contributed by atoms with van der Waals surface area (Å²) in [5.41, 5.74) is 10.1. The van der Waals surface area contributed by atoms with Crippen molar-refractivity contribution in [3.63, 3.8) is 0 Å². The smallest absolute Gasteiger partial charge is 0.267 e. The number of para-hydroxylation sites is 1. The van der Waals surface area contributed by atoms with Crippen LogP contribution in [0.15, 0.2) is 78.9 Å². The minimum atomic E-state index is -1.05. The third-order valence-corrected chi connectivity index (χ3v) is 4.99. The molecule has 0 unspecified atom stereocenters. The van der Waals surface area contributed by atoms with Crippen LogP contribution in [0.1, 0.15) is 21.5 Å². The van der Waals surface area contributed by atoms with E-state index in [0.29, 0.717) is 16.8 Å². The van der Waals surface area contributed by atoms with Gasteiger partial charge in [-0.25, -0.2) is 5.48 Å². The van der Waals surface area contributed by atoms with Crippen LogP contribution < -0.4 is 27.2 Å². The zero-order chi connectivity index (χ0) is 26.5. The molecular weight excluding hydrogens is 470 g/mol. The molecule has 3 aromatic carbocycles. The molecule has 0 bridgehead atoms. The maximum Gasteiger partial charge on any atom is 0.267 e. The van der Waals surface area contributed by atoms with E-state index in [1.165, 1.54) is 5.48 Å². The molecule has 3 amide bonds. The number of nitrogens with two attached hydrogens (primary N) is 1. The molecule has 9 heteroatoms. The molecule has 0 saturated heterocycles. The van der Waals surface area contributed by atoms with E-state index in [2.05, 4.69) is 39.6 Å². The molecule has 3 aromatic rings. The van der Waals surface area contributed by atoms with Gasteiger partial charge >= 0.3 is 0 Å². The van der Waals surface area contributed by atoms with Crippen LogP contribution in [-0.2, 0) is 9.59 Å². The molecule has 0 aromatic heterocycles. The summed E-state index contributed by atoms with van der Waals surface area (Å²) in [5, 5.41) is 17.0. The average Bonchev–Trinajstić information content (AvgIpc) is 2.94. The molecule has 186 valence electrons. The number of carbonyl (C=O) groups excluding carboxylic acids is 3. The van der Waals surface area contributed by atoms with E-state index in [1.807, 2.05) is 30.3 Å². The molecule has 37 heavy (non-hydrogen) atoms. The Morgan fingerprint density at radius 1 is 0.811 bits per heavy atom. The summed E-state index contributed by atoms with van der Waals surface area (Å²) >= 11 is 0. The van der Waals surface area contributed by atoms with Gasteiger partial charge < -0.3 is 21.7 Å². The number of hydrogen-bond donors (Lipinski definition) is 6. The fourth-order valence-corrected chi connectivity index (χ4v) is 3.04. The van der Waals surface area contributed by atoms with Crippen LogP contribution in [-0.4, -0.2) is 42.1 Å². The van der Waals surface area contributed by atoms with Gasteiger partial charge in [0.15, 0.2) is 0 Å². The van der Waals surface area contributed by atoms with E-state index in [-0.39, 0.29) is 19.0 Å². The lowest BCUT2D eigenvalue weighted by Crippen LogP contribution is -2.50. The lowest BCUT2D eigenvalue weighted by Gasteiger charge is -2.14. The third kappa shape index (κ3) is 8.57. The van der Waals surface area contributed by atoms with E-state index in [9.17, 15) is 14.4 Å². The number of hydroxylamine groups is 1. The highest BCUT2D eigenvalue weighted by Crippen LogP contribution is 2.09. The molecular formula is C28H25N5O4. The molecule has 0 aliphatic carbocycles. The van der Waals surface area contributed by atoms with Crippen molar-refractivity contribution in [1.29, 1.82) is 0 Å². The molecule has 0 radical (unpaired) electrons. The predicted molar refractivity (Wildman–Crippen MR) is 140 cm³/mol. The predicted octanol–water partition coefficient (Wildman–Crippen LogP) is 1.70. The van der Waals surface area contributed by atoms with Crippen LogP contribution in [0.5, 0.6) is 0 Å². The van der Waals surface area contributed by atoms with E-state index >= 15 is 0 Å². The van der Waals surface area contributed by atoms with Gasteiger partial charge in [0, 0.05) is 34.6 Å². The first kappa shape index (κ1) is 26.5. The normalized spacial score (nSPS) is 10.4. The molecule has 0 aliphatic heterocycles. The summed E-state index contributed by atoms with van der Waals surface area (Å²) in [4.78, 5) is 35.8. The van der Waals surface area contributed by atoms with Crippen LogP contribution >= 0.6 is 0 Å². The average molecular weight is 496 g/mol. The monoisotopic (exact) mass is 495 g/mol. The molecule has 7 N–H and O–H groups in total. The van der Waals surface area contributed by atoms with Gasteiger partial charge in [-0.2, -0.15) is 0 Å². The Bertz CT molecular complexity index is 1350. The lowest BCUT2D eigenvalue weighted by atomic mass is 10.1. The highest BCUT2D eigenvalue weighted by Gasteiger charge is 2.19. The lowest BCUT2D eigenvalue weighted by molar-refractivity contribution is -0.130. The van der Waals surface area contributed by atoms with Gasteiger partial charge in [-0.05, 0) is 72.5 Å². The molecule has 0 fully saturated rings. The molecule has 3 rings (SSSR count). The molecule has 0 spiro atoms. The van der Waals surface area contributed by atoms with Gasteiger partial charge in [-0.1, -0.05) is 30.0 Å². The van der Waals surface area contributed by atoms with Gasteiger partial charge in [0.05, 0.1) is 6.54 Å². The molecule has 9 nitrogen and oxygen atoms in total. The molecule has 1 atom stereocenters. The van der Waals surface area contributed by atoms with Crippen molar-refractivity contribution in [2.24, 2.45) is 5.73 Å². The zero-order valence-corrected chi connectivity index (χ0v) is 19.7. The molecule has 0 saturated carbocycles. The van der Waals surface area contributed by atoms with Crippen molar-refractivity contribution in [2.75, 3.05) is 23.7 Å². The van der Waals surface area contributed by atoms with Gasteiger partial charge in [-0.15, -0.1) is 0 Å². The first-order valence-electron chi connectivity index (χ1n) is 11.2. The van der Waals surface area contributed by atoms with Crippen LogP contribution in [0.4, 0.5) is 11.4 Å². The largest absolute Gasteiger partial charge is 0.376 e. The maximum atomic E-state index is 12.2. The Hall–Kier alpha value is -5.09. The van der Waals surface area contributed by atoms with Crippen LogP contribution in [0.25, 0.3) is 0 Å². The Morgan fingerprint density at radius 3 is 1.97 bits per heavy atom. The molecule has 0 heterocycles. The Labute approximate surface area is 214 Å². The SMILES string of the molecule is NC[C@H](NC(=O)c1ccc(C#CC#Cc2ccc(NC(=O)CNc3ccccc3)cc2)cc1)C(=O)NO. The molecule has 0 aliphatic rings. The van der Waals surface area contributed by atoms with Gasteiger partial charge in [0.1, 0.15) is 6.04 Å². The summed E-state index contributed by atoms with van der Waals surface area (Å²) in [7, 11) is 0. The van der Waals surface area contributed by atoms with Crippen molar-refractivity contribution in [2.45, 2.75) is 6.04 Å². The van der Waals surface area contributed by atoms with E-state index in [4.69, 9.17) is 10.9 Å². The second-order valence-corrected chi connectivity index (χ2v) is 7.66. The number of carbonyl (C=O) groups is 3. The summed E-state index contributed by atoms with van der Waals surface area (Å²) in [6, 6.07) is 21.9. The third-order valence-electron chi connectivity index (χ3n) is 4.99. The van der Waals surface area contributed by atoms with Gasteiger partial charge in [-0.3, -0.25) is 19.6 Å². The summed E-state index contributed by atoms with van der Waals surface area (Å²) in [6.07, 6.45) is 0. The second kappa shape index (κ2) is 13.7. The van der Waals surface area contributed by atoms with E-state index in [0.717, 1.165) is 11.3 Å². The van der Waals surface area contributed by atoms with Crippen LogP contribution in [0.3, 0.4) is 0 Å². The first-order valence-corrected chi connectivity index (χ1v) is 11.2. The minimum absolute atomic E-state index is 0.155. The highest BCUT2D eigenvalue weighted by atomic mass is 16.5. The van der Waals surface area contributed by atoms with Crippen LogP contribution in [0, 0.1) is 23.7 Å². The summed E-state index contributed by atoms with van der Waals surface area (Å²) < 4.78 is 0. The number of benzene rings is 3. The highest BCUT2D eigenvalue weighted by molar-refractivity contribution is 5.97. The fourth-order valence-electron chi connectivity index (χ4n) is 3.04. The summed E-state index contributed by atoms with van der Waals surface area (Å²) in [5.74, 6) is 9.88. The van der Waals surface area contributed by atoms with Crippen molar-refractivity contribution in [3.8, 4) is 23.7 Å². The van der Waals surface area contributed by atoms with Crippen molar-refractivity contribution < 1.29 is 19.6 Å². The van der Waals surface area contributed by atoms with Crippen molar-refractivity contribution in [3.05, 3.63) is 95.6 Å². The summed E-state index contributed by atoms with van der Waals surface area (Å²) in [6.45, 7) is -0.00808. The minimum Gasteiger partial charge on any atom is -0.376 e. The topological polar surface area (TPSA) is 146 Å². The van der Waals surface area contributed by atoms with Gasteiger partial charge in [0.2, 0.25) is 5.91 Å². The first-order chi connectivity index (χ1) is 18.0. The maximum absolute atomic E-state index is 12.2. The number of amides is 3. The number of rotatable bonds is 8. The zero-order valence-electron chi connectivity index (χ0n) is 19.7. The van der Waals surface area contributed by atoms with Crippen LogP contribution in [0.2, 0.25) is 0 Å². The number of hydrogen-bond acceptors (Lipinski definition) is 6. The Balaban J connectivity index is 1.50. The Morgan fingerprint density at radius 2 is 1.41 bits per heavy atom. The second-order valence-electron chi connectivity index (χ2n) is 7.66. The fraction of sp³-hybridized carbons (Fsp3) is 0.107. The van der Waals surface area contributed by atoms with E-state index in [1.54, 1.807) is 48.5 Å². The quantitative estimate of drug-likeness (QED) is 0.159. The number of nitrogens with one attached hydrogen (secondary N) is 4. The van der Waals surface area contributed by atoms with Crippen molar-refractivity contribution in [1.82, 2.24) is 10.8 Å². The Kier molecular flexibility index (Phi) is 9.82. The number of anilines is 2. The van der Waals surface area contributed by atoms with E-state index < -0.39 is 17.9 Å². The van der Waals surface area contributed by atoms with Crippen molar-refractivity contribution >= 4 is 29.1 Å². The standard InChI is InChI=1S/C28H25N5O4/c29-18-25(28(36)33-37)32-27(35)22-14-10-20(11-15-22)6-4-5-7-21-12-16-24(17-13-21)31-26(34)19-30-23-8-2-1-3-9-23/h1-3,8-17,25,30,37H,18-19,29H2,(H,31,34)(H,32,35)(H,33,36)/t25-/m0/s1.